The number of benzene rings is 1. The number of nitrogens with zero attached hydrogens (tertiary/aromatic N) is 1. The number of hydrogen-bond acceptors (Lipinski definition) is 1. The second kappa shape index (κ2) is 7.04. The molecule has 1 aromatic carbocycles. The average Bonchev–Trinajstić information content (AvgIpc) is 2.29. The summed E-state index contributed by atoms with van der Waals surface area (Å²) < 4.78 is 0. The van der Waals surface area contributed by atoms with Gasteiger partial charge in [-0.25, -0.2) is 0 Å². The van der Waals surface area contributed by atoms with E-state index in [9.17, 15) is 0 Å². The van der Waals surface area contributed by atoms with Crippen LogP contribution in [0.3, 0.4) is 0 Å². The van der Waals surface area contributed by atoms with Gasteiger partial charge in [-0.15, -0.1) is 0 Å². The molecule has 0 bridgehead atoms. The van der Waals surface area contributed by atoms with Gasteiger partial charge in [-0.2, -0.15) is 0 Å². The molecule has 5 heteroatoms. The van der Waals surface area contributed by atoms with Crippen LogP contribution in [0.1, 0.15) is 19.4 Å². The number of hydrogen-bond donors (Lipinski definition) is 1. The molecule has 0 unspecified atom stereocenters. The number of rotatable bonds is 4. The first-order valence-electron chi connectivity index (χ1n) is 5.55. The maximum Gasteiger partial charge on any atom is 0.169 e. The molecular weight excluding hydrogens is 275 g/mol. The maximum atomic E-state index is 6.08. The lowest BCUT2D eigenvalue weighted by Crippen LogP contribution is -2.39. The fourth-order valence-corrected chi connectivity index (χ4v) is 2.26. The van der Waals surface area contributed by atoms with Gasteiger partial charge in [-0.1, -0.05) is 29.3 Å². The van der Waals surface area contributed by atoms with E-state index >= 15 is 0 Å². The van der Waals surface area contributed by atoms with Crippen molar-refractivity contribution < 1.29 is 0 Å². The minimum absolute atomic E-state index is 0.616. The van der Waals surface area contributed by atoms with Crippen LogP contribution in [-0.4, -0.2) is 23.1 Å². The SMILES string of the molecule is CCN(CC)C(=S)NCc1ccc(Cl)cc1Cl. The lowest BCUT2D eigenvalue weighted by molar-refractivity contribution is 0.456. The Morgan fingerprint density at radius 3 is 2.47 bits per heavy atom. The average molecular weight is 291 g/mol. The highest BCUT2D eigenvalue weighted by Gasteiger charge is 2.06. The molecule has 0 saturated heterocycles. The molecule has 0 heterocycles. The maximum absolute atomic E-state index is 6.08. The summed E-state index contributed by atoms with van der Waals surface area (Å²) in [6.45, 7) is 6.57. The Hall–Kier alpha value is -0.510. The summed E-state index contributed by atoms with van der Waals surface area (Å²) >= 11 is 17.2. The Labute approximate surface area is 118 Å². The normalized spacial score (nSPS) is 10.1. The minimum atomic E-state index is 0.616. The van der Waals surface area contributed by atoms with Crippen molar-refractivity contribution in [2.45, 2.75) is 20.4 Å². The smallest absolute Gasteiger partial charge is 0.169 e. The van der Waals surface area contributed by atoms with E-state index in [2.05, 4.69) is 24.1 Å². The minimum Gasteiger partial charge on any atom is -0.358 e. The molecule has 0 spiro atoms. The van der Waals surface area contributed by atoms with Crippen LogP contribution in [0.15, 0.2) is 18.2 Å². The molecule has 0 atom stereocenters. The Morgan fingerprint density at radius 1 is 1.29 bits per heavy atom. The van der Waals surface area contributed by atoms with Gasteiger partial charge >= 0.3 is 0 Å². The third-order valence-electron chi connectivity index (χ3n) is 2.50. The van der Waals surface area contributed by atoms with Gasteiger partial charge in [0.1, 0.15) is 0 Å². The summed E-state index contributed by atoms with van der Waals surface area (Å²) in [5.74, 6) is 0. The highest BCUT2D eigenvalue weighted by Crippen LogP contribution is 2.20. The number of halogens is 2. The monoisotopic (exact) mass is 290 g/mol. The van der Waals surface area contributed by atoms with Gasteiger partial charge in [0.05, 0.1) is 0 Å². The van der Waals surface area contributed by atoms with E-state index in [4.69, 9.17) is 35.4 Å². The Morgan fingerprint density at radius 2 is 1.94 bits per heavy atom. The molecule has 0 aliphatic rings. The van der Waals surface area contributed by atoms with E-state index in [-0.39, 0.29) is 0 Å². The van der Waals surface area contributed by atoms with Gasteiger partial charge < -0.3 is 10.2 Å². The van der Waals surface area contributed by atoms with E-state index in [1.54, 1.807) is 6.07 Å². The summed E-state index contributed by atoms with van der Waals surface area (Å²) in [5.41, 5.74) is 0.991. The van der Waals surface area contributed by atoms with Crippen molar-refractivity contribution in [3.63, 3.8) is 0 Å². The molecule has 0 amide bonds. The molecule has 2 nitrogen and oxygen atoms in total. The highest BCUT2D eigenvalue weighted by atomic mass is 35.5. The van der Waals surface area contributed by atoms with E-state index in [1.165, 1.54) is 0 Å². The van der Waals surface area contributed by atoms with Crippen molar-refractivity contribution in [2.75, 3.05) is 13.1 Å². The first kappa shape index (κ1) is 14.6. The van der Waals surface area contributed by atoms with Crippen LogP contribution < -0.4 is 5.32 Å². The zero-order valence-corrected chi connectivity index (χ0v) is 12.3. The molecule has 1 aromatic rings. The summed E-state index contributed by atoms with van der Waals surface area (Å²) in [7, 11) is 0. The summed E-state index contributed by atoms with van der Waals surface area (Å²) in [4.78, 5) is 2.08. The fraction of sp³-hybridized carbons (Fsp3) is 0.417. The second-order valence-corrected chi connectivity index (χ2v) is 4.80. The van der Waals surface area contributed by atoms with Crippen LogP contribution in [0.4, 0.5) is 0 Å². The molecular formula is C12H16Cl2N2S. The molecule has 0 aliphatic carbocycles. The van der Waals surface area contributed by atoms with Crippen LogP contribution in [0, 0.1) is 0 Å². The fourth-order valence-electron chi connectivity index (χ4n) is 1.46. The van der Waals surface area contributed by atoms with Crippen LogP contribution >= 0.6 is 35.4 Å². The van der Waals surface area contributed by atoms with Crippen molar-refractivity contribution in [1.82, 2.24) is 10.2 Å². The van der Waals surface area contributed by atoms with Crippen LogP contribution in [-0.2, 0) is 6.54 Å². The van der Waals surface area contributed by atoms with Gasteiger partial charge in [0.2, 0.25) is 0 Å². The Balaban J connectivity index is 2.58. The highest BCUT2D eigenvalue weighted by molar-refractivity contribution is 7.80. The zero-order valence-electron chi connectivity index (χ0n) is 9.96. The van der Waals surface area contributed by atoms with Gasteiger partial charge in [-0.05, 0) is 43.8 Å². The lowest BCUT2D eigenvalue weighted by Gasteiger charge is -2.22. The van der Waals surface area contributed by atoms with Crippen molar-refractivity contribution in [1.29, 1.82) is 0 Å². The quantitative estimate of drug-likeness (QED) is 0.851. The van der Waals surface area contributed by atoms with Gasteiger partial charge in [0, 0.05) is 29.7 Å². The molecule has 0 aliphatic heterocycles. The summed E-state index contributed by atoms with van der Waals surface area (Å²) in [6, 6.07) is 5.47. The summed E-state index contributed by atoms with van der Waals surface area (Å²) in [6.07, 6.45) is 0. The zero-order chi connectivity index (χ0) is 12.8. The van der Waals surface area contributed by atoms with E-state index in [1.807, 2.05) is 12.1 Å². The van der Waals surface area contributed by atoms with Gasteiger partial charge in [0.25, 0.3) is 0 Å². The predicted molar refractivity (Wildman–Crippen MR) is 78.8 cm³/mol. The molecule has 0 aromatic heterocycles. The van der Waals surface area contributed by atoms with E-state index in [0.29, 0.717) is 16.6 Å². The topological polar surface area (TPSA) is 15.3 Å². The Bertz CT molecular complexity index is 392. The number of thiocarbonyl (C=S) groups is 1. The van der Waals surface area contributed by atoms with Gasteiger partial charge in [-0.3, -0.25) is 0 Å². The molecule has 1 rings (SSSR count). The molecule has 17 heavy (non-hydrogen) atoms. The third-order valence-corrected chi connectivity index (χ3v) is 3.49. The van der Waals surface area contributed by atoms with Crippen LogP contribution in [0.5, 0.6) is 0 Å². The lowest BCUT2D eigenvalue weighted by atomic mass is 10.2. The molecule has 0 fully saturated rings. The van der Waals surface area contributed by atoms with Crippen LogP contribution in [0.2, 0.25) is 10.0 Å². The van der Waals surface area contributed by atoms with Gasteiger partial charge in [0.15, 0.2) is 5.11 Å². The predicted octanol–water partition coefficient (Wildman–Crippen LogP) is 3.71. The standard InChI is InChI=1S/C12H16Cl2N2S/c1-3-16(4-2)12(17)15-8-9-5-6-10(13)7-11(9)14/h5-7H,3-4,8H2,1-2H3,(H,15,17). The van der Waals surface area contributed by atoms with E-state index < -0.39 is 0 Å². The van der Waals surface area contributed by atoms with Crippen molar-refractivity contribution >= 4 is 40.5 Å². The van der Waals surface area contributed by atoms with E-state index in [0.717, 1.165) is 23.8 Å². The summed E-state index contributed by atoms with van der Waals surface area (Å²) in [5, 5.41) is 5.25. The first-order chi connectivity index (χ1) is 8.08. The second-order valence-electron chi connectivity index (χ2n) is 3.57. The van der Waals surface area contributed by atoms with Crippen molar-refractivity contribution in [2.24, 2.45) is 0 Å². The first-order valence-corrected chi connectivity index (χ1v) is 6.71. The molecule has 94 valence electrons. The molecule has 0 radical (unpaired) electrons. The number of nitrogens with one attached hydrogen (secondary N) is 1. The van der Waals surface area contributed by atoms with Crippen molar-refractivity contribution in [3.8, 4) is 0 Å². The molecule has 0 saturated carbocycles. The third kappa shape index (κ3) is 4.34. The van der Waals surface area contributed by atoms with Crippen LogP contribution in [0.25, 0.3) is 0 Å². The largest absolute Gasteiger partial charge is 0.358 e. The van der Waals surface area contributed by atoms with Crippen molar-refractivity contribution in [3.05, 3.63) is 33.8 Å². The Kier molecular flexibility index (Phi) is 6.03. The molecule has 1 N–H and O–H groups in total.